The van der Waals surface area contributed by atoms with E-state index in [-0.39, 0.29) is 0 Å². The molecule has 0 fully saturated rings. The number of nitrogens with zero attached hydrogens (tertiary/aromatic N) is 3. The number of hydrogen-bond donors (Lipinski definition) is 0. The van der Waals surface area contributed by atoms with Crippen LogP contribution in [0.25, 0.3) is 66.7 Å². The van der Waals surface area contributed by atoms with E-state index in [2.05, 4.69) is 34.2 Å². The molecule has 0 saturated carbocycles. The second-order valence-electron chi connectivity index (χ2n) is 9.14. The highest BCUT2D eigenvalue weighted by molar-refractivity contribution is 6.10. The Morgan fingerprint density at radius 2 is 0.949 bits per heavy atom. The molecule has 39 heavy (non-hydrogen) atoms. The maximum atomic E-state index is 6.21. The van der Waals surface area contributed by atoms with Crippen LogP contribution in [0, 0.1) is 6.92 Å². The molecule has 3 aromatic heterocycles. The van der Waals surface area contributed by atoms with Gasteiger partial charge in [-0.15, -0.1) is 0 Å². The van der Waals surface area contributed by atoms with Gasteiger partial charge in [0.05, 0.1) is 11.1 Å². The molecule has 0 aliphatic carbocycles. The molecule has 0 aliphatic heterocycles. The molecule has 0 N–H and O–H groups in total. The first-order valence-corrected chi connectivity index (χ1v) is 13.0. The van der Waals surface area contributed by atoms with Gasteiger partial charge in [-0.05, 0) is 45.0 Å². The molecule has 0 bridgehead atoms. The average molecular weight is 510 g/mol. The van der Waals surface area contributed by atoms with E-state index in [9.17, 15) is 0 Å². The van der Waals surface area contributed by atoms with Crippen molar-refractivity contribution in [3.8, 4) is 22.8 Å². The van der Waals surface area contributed by atoms with Gasteiger partial charge in [-0.3, -0.25) is 0 Å². The number of aromatic nitrogens is 3. The molecule has 3 heterocycles. The van der Waals surface area contributed by atoms with Gasteiger partial charge in [0.15, 0.2) is 11.6 Å². The van der Waals surface area contributed by atoms with E-state index in [0.29, 0.717) is 17.5 Å². The van der Waals surface area contributed by atoms with E-state index < -0.39 is 0 Å². The van der Waals surface area contributed by atoms with E-state index in [1.54, 1.807) is 0 Å². The fourth-order valence-electron chi connectivity index (χ4n) is 4.79. The Morgan fingerprint density at radius 3 is 1.41 bits per heavy atom. The topological polar surface area (TPSA) is 65.0 Å². The van der Waals surface area contributed by atoms with Gasteiger partial charge in [-0.2, -0.15) is 0 Å². The number of furan rings is 2. The molecule has 5 nitrogen and oxygen atoms in total. The molecule has 0 saturated heterocycles. The van der Waals surface area contributed by atoms with Gasteiger partial charge < -0.3 is 8.83 Å². The van der Waals surface area contributed by atoms with Crippen LogP contribution >= 0.6 is 0 Å². The number of rotatable bonds is 3. The van der Waals surface area contributed by atoms with E-state index in [4.69, 9.17) is 13.8 Å². The summed E-state index contributed by atoms with van der Waals surface area (Å²) in [4.78, 5) is 14.2. The smallest absolute Gasteiger partial charge is 0.167 e. The fraction of sp³-hybridized carbons (Fsp3) is 0.0882. The molecule has 7 aromatic rings. The Bertz CT molecular complexity index is 1870. The van der Waals surface area contributed by atoms with Crippen LogP contribution in [-0.2, 0) is 0 Å². The van der Waals surface area contributed by atoms with Crippen molar-refractivity contribution in [3.05, 3.63) is 115 Å². The van der Waals surface area contributed by atoms with Crippen LogP contribution in [0.5, 0.6) is 0 Å². The summed E-state index contributed by atoms with van der Waals surface area (Å²) >= 11 is 0. The lowest BCUT2D eigenvalue weighted by Crippen LogP contribution is -1.99. The number of benzene rings is 4. The fourth-order valence-corrected chi connectivity index (χ4v) is 4.79. The van der Waals surface area contributed by atoms with Crippen molar-refractivity contribution in [1.29, 1.82) is 0 Å². The standard InChI is InChI=1S/C28H17N3O2.C6H10/c1-16-29-27(21-12-6-10-19-17-8-2-4-14-23(17)32-25(19)21)31-28(30-16)22-13-7-11-20-18-9-3-5-15-24(18)33-26(20)22;1-3-5-6-4-2/h2-15H,1H3;3-6H,1-2H3/b;5-3-,6-4-. The molecule has 0 amide bonds. The first-order valence-electron chi connectivity index (χ1n) is 13.0. The predicted molar refractivity (Wildman–Crippen MR) is 160 cm³/mol. The number of hydrogen-bond acceptors (Lipinski definition) is 5. The first kappa shape index (κ1) is 24.3. The van der Waals surface area contributed by atoms with Crippen molar-refractivity contribution in [1.82, 2.24) is 15.0 Å². The summed E-state index contributed by atoms with van der Waals surface area (Å²) in [5.74, 6) is 1.79. The Morgan fingerprint density at radius 1 is 0.513 bits per heavy atom. The van der Waals surface area contributed by atoms with Crippen molar-refractivity contribution in [3.63, 3.8) is 0 Å². The average Bonchev–Trinajstić information content (AvgIpc) is 3.54. The number of allylic oxidation sites excluding steroid dienone is 4. The Hall–Kier alpha value is -5.03. The van der Waals surface area contributed by atoms with Gasteiger partial charge in [0.1, 0.15) is 28.2 Å². The maximum Gasteiger partial charge on any atom is 0.167 e. The molecule has 4 aromatic carbocycles. The lowest BCUT2D eigenvalue weighted by molar-refractivity contribution is 0.669. The largest absolute Gasteiger partial charge is 0.455 e. The lowest BCUT2D eigenvalue weighted by Gasteiger charge is -2.06. The van der Waals surface area contributed by atoms with Crippen molar-refractivity contribution < 1.29 is 8.83 Å². The van der Waals surface area contributed by atoms with E-state index in [1.165, 1.54) is 0 Å². The summed E-state index contributed by atoms with van der Waals surface area (Å²) in [6.07, 6.45) is 8.00. The SMILES string of the molecule is C/C=C\C=C/C.Cc1nc(-c2cccc3c2oc2ccccc23)nc(-c2cccc3c2oc2ccccc23)n1. The van der Waals surface area contributed by atoms with Crippen molar-refractivity contribution in [2.45, 2.75) is 20.8 Å². The minimum atomic E-state index is 0.579. The van der Waals surface area contributed by atoms with Gasteiger partial charge in [0, 0.05) is 21.5 Å². The Labute approximate surface area is 226 Å². The summed E-state index contributed by atoms with van der Waals surface area (Å²) < 4.78 is 12.4. The quantitative estimate of drug-likeness (QED) is 0.222. The maximum absolute atomic E-state index is 6.21. The number of fused-ring (bicyclic) bond motifs is 6. The number of aryl methyl sites for hydroxylation is 1. The van der Waals surface area contributed by atoms with Crippen molar-refractivity contribution >= 4 is 43.9 Å². The van der Waals surface area contributed by atoms with Crippen LogP contribution in [0.4, 0.5) is 0 Å². The summed E-state index contributed by atoms with van der Waals surface area (Å²) in [6, 6.07) is 28.2. The van der Waals surface area contributed by atoms with Crippen LogP contribution in [0.3, 0.4) is 0 Å². The second kappa shape index (κ2) is 10.4. The van der Waals surface area contributed by atoms with Gasteiger partial charge in [0.2, 0.25) is 0 Å². The van der Waals surface area contributed by atoms with Gasteiger partial charge in [0.25, 0.3) is 0 Å². The van der Waals surface area contributed by atoms with Crippen molar-refractivity contribution in [2.24, 2.45) is 0 Å². The van der Waals surface area contributed by atoms with Crippen LogP contribution in [0.15, 0.2) is 118 Å². The molecule has 0 radical (unpaired) electrons. The second-order valence-corrected chi connectivity index (χ2v) is 9.14. The van der Waals surface area contributed by atoms with E-state index in [1.807, 2.05) is 106 Å². The molecule has 0 unspecified atom stereocenters. The van der Waals surface area contributed by atoms with Crippen LogP contribution in [-0.4, -0.2) is 15.0 Å². The van der Waals surface area contributed by atoms with Crippen molar-refractivity contribution in [2.75, 3.05) is 0 Å². The molecule has 5 heteroatoms. The molecule has 0 spiro atoms. The molecule has 0 atom stereocenters. The zero-order valence-corrected chi connectivity index (χ0v) is 22.1. The summed E-state index contributed by atoms with van der Waals surface area (Å²) in [5, 5.41) is 4.24. The normalized spacial score (nSPS) is 11.8. The van der Waals surface area contributed by atoms with Gasteiger partial charge in [-0.1, -0.05) is 85.0 Å². The molecule has 0 aliphatic rings. The Kier molecular flexibility index (Phi) is 6.47. The zero-order valence-electron chi connectivity index (χ0n) is 22.1. The molecule has 190 valence electrons. The summed E-state index contributed by atoms with van der Waals surface area (Å²) in [7, 11) is 0. The third-order valence-electron chi connectivity index (χ3n) is 6.53. The first-order chi connectivity index (χ1) is 19.2. The van der Waals surface area contributed by atoms with E-state index >= 15 is 0 Å². The van der Waals surface area contributed by atoms with Crippen LogP contribution in [0.1, 0.15) is 19.7 Å². The summed E-state index contributed by atoms with van der Waals surface area (Å²) in [5.41, 5.74) is 4.92. The highest BCUT2D eigenvalue weighted by Crippen LogP contribution is 2.37. The highest BCUT2D eigenvalue weighted by Gasteiger charge is 2.18. The summed E-state index contributed by atoms with van der Waals surface area (Å²) in [6.45, 7) is 5.88. The number of para-hydroxylation sites is 4. The van der Waals surface area contributed by atoms with Crippen LogP contribution in [0.2, 0.25) is 0 Å². The van der Waals surface area contributed by atoms with Gasteiger partial charge in [-0.25, -0.2) is 15.0 Å². The third-order valence-corrected chi connectivity index (χ3v) is 6.53. The Balaban J connectivity index is 0.000000418. The molecule has 7 rings (SSSR count). The van der Waals surface area contributed by atoms with Gasteiger partial charge >= 0.3 is 0 Å². The molecular formula is C34H27N3O2. The minimum absolute atomic E-state index is 0.579. The third kappa shape index (κ3) is 4.48. The monoisotopic (exact) mass is 509 g/mol. The molecular weight excluding hydrogens is 482 g/mol. The minimum Gasteiger partial charge on any atom is -0.455 e. The zero-order chi connectivity index (χ0) is 26.8. The highest BCUT2D eigenvalue weighted by atomic mass is 16.3. The van der Waals surface area contributed by atoms with Crippen LogP contribution < -0.4 is 0 Å². The predicted octanol–water partition coefficient (Wildman–Crippen LogP) is 9.45. The van der Waals surface area contributed by atoms with E-state index in [0.717, 1.165) is 55.0 Å². The lowest BCUT2D eigenvalue weighted by atomic mass is 10.1.